The number of carbonyl (C=O) groups is 1. The van der Waals surface area contributed by atoms with Gasteiger partial charge in [0.2, 0.25) is 0 Å². The van der Waals surface area contributed by atoms with Crippen molar-refractivity contribution >= 4 is 18.4 Å². The number of methoxy groups -OCH3 is 1. The summed E-state index contributed by atoms with van der Waals surface area (Å²) >= 11 is 0. The van der Waals surface area contributed by atoms with Crippen LogP contribution in [0.15, 0.2) is 0 Å². The summed E-state index contributed by atoms with van der Waals surface area (Å²) in [5, 5.41) is 5.98. The molecule has 1 aliphatic heterocycles. The number of amides is 2. The number of rotatable bonds is 3. The van der Waals surface area contributed by atoms with Gasteiger partial charge in [-0.25, -0.2) is 4.79 Å². The van der Waals surface area contributed by atoms with Gasteiger partial charge in [0.25, 0.3) is 0 Å². The SMILES string of the molecule is COCCNC(=O)N1CCNCC1.Cl. The topological polar surface area (TPSA) is 53.6 Å². The third-order valence-corrected chi connectivity index (χ3v) is 1.99. The van der Waals surface area contributed by atoms with E-state index in [4.69, 9.17) is 4.74 Å². The molecule has 2 amide bonds. The minimum absolute atomic E-state index is 0. The molecule has 2 N–H and O–H groups in total. The summed E-state index contributed by atoms with van der Waals surface area (Å²) in [4.78, 5) is 13.2. The van der Waals surface area contributed by atoms with Crippen LogP contribution in [-0.2, 0) is 4.74 Å². The van der Waals surface area contributed by atoms with Crippen molar-refractivity contribution in [3.05, 3.63) is 0 Å². The predicted octanol–water partition coefficient (Wildman–Crippen LogP) is -0.331. The van der Waals surface area contributed by atoms with Crippen LogP contribution >= 0.6 is 12.4 Å². The van der Waals surface area contributed by atoms with E-state index in [1.807, 2.05) is 4.90 Å². The largest absolute Gasteiger partial charge is 0.383 e. The summed E-state index contributed by atoms with van der Waals surface area (Å²) in [6, 6.07) is 0.0125. The molecule has 1 aliphatic rings. The highest BCUT2D eigenvalue weighted by Crippen LogP contribution is 1.91. The van der Waals surface area contributed by atoms with E-state index in [-0.39, 0.29) is 18.4 Å². The van der Waals surface area contributed by atoms with Crippen molar-refractivity contribution in [2.45, 2.75) is 0 Å². The Labute approximate surface area is 90.6 Å². The monoisotopic (exact) mass is 223 g/mol. The van der Waals surface area contributed by atoms with Gasteiger partial charge >= 0.3 is 6.03 Å². The molecule has 1 fully saturated rings. The van der Waals surface area contributed by atoms with Gasteiger partial charge in [-0.05, 0) is 0 Å². The lowest BCUT2D eigenvalue weighted by Gasteiger charge is -2.27. The first-order valence-corrected chi connectivity index (χ1v) is 4.57. The lowest BCUT2D eigenvalue weighted by Crippen LogP contribution is -2.50. The second-order valence-corrected chi connectivity index (χ2v) is 2.96. The molecule has 0 aromatic carbocycles. The van der Waals surface area contributed by atoms with Crippen molar-refractivity contribution in [3.8, 4) is 0 Å². The molecular weight excluding hydrogens is 206 g/mol. The molecule has 0 spiro atoms. The molecule has 6 heteroatoms. The highest BCUT2D eigenvalue weighted by Gasteiger charge is 2.14. The van der Waals surface area contributed by atoms with E-state index in [0.29, 0.717) is 13.2 Å². The Morgan fingerprint density at radius 2 is 2.14 bits per heavy atom. The van der Waals surface area contributed by atoms with Crippen molar-refractivity contribution in [3.63, 3.8) is 0 Å². The fourth-order valence-corrected chi connectivity index (χ4v) is 1.24. The highest BCUT2D eigenvalue weighted by atomic mass is 35.5. The van der Waals surface area contributed by atoms with Gasteiger partial charge in [-0.15, -0.1) is 12.4 Å². The Bertz CT molecular complexity index is 163. The van der Waals surface area contributed by atoms with Crippen LogP contribution in [0, 0.1) is 0 Å². The van der Waals surface area contributed by atoms with E-state index in [1.165, 1.54) is 0 Å². The van der Waals surface area contributed by atoms with Crippen molar-refractivity contribution in [2.75, 3.05) is 46.4 Å². The first-order chi connectivity index (χ1) is 6.34. The molecule has 0 aromatic heterocycles. The van der Waals surface area contributed by atoms with Crippen molar-refractivity contribution in [1.29, 1.82) is 0 Å². The molecule has 0 aliphatic carbocycles. The first kappa shape index (κ1) is 13.5. The number of urea groups is 1. The molecule has 14 heavy (non-hydrogen) atoms. The maximum atomic E-state index is 11.4. The molecule has 0 bridgehead atoms. The molecule has 1 rings (SSSR count). The number of hydrogen-bond acceptors (Lipinski definition) is 3. The number of hydrogen-bond donors (Lipinski definition) is 2. The Kier molecular flexibility index (Phi) is 7.55. The van der Waals surface area contributed by atoms with Gasteiger partial charge in [0.1, 0.15) is 0 Å². The number of carbonyl (C=O) groups excluding carboxylic acids is 1. The van der Waals surface area contributed by atoms with Crippen LogP contribution in [0.2, 0.25) is 0 Å². The molecule has 1 heterocycles. The van der Waals surface area contributed by atoms with Gasteiger partial charge in [-0.1, -0.05) is 0 Å². The average Bonchev–Trinajstić information content (AvgIpc) is 2.19. The maximum absolute atomic E-state index is 11.4. The quantitative estimate of drug-likeness (QED) is 0.645. The van der Waals surface area contributed by atoms with Gasteiger partial charge in [0.05, 0.1) is 6.61 Å². The van der Waals surface area contributed by atoms with E-state index in [1.54, 1.807) is 7.11 Å². The summed E-state index contributed by atoms with van der Waals surface area (Å²) in [6.45, 7) is 4.50. The maximum Gasteiger partial charge on any atom is 0.317 e. The van der Waals surface area contributed by atoms with E-state index in [0.717, 1.165) is 26.2 Å². The van der Waals surface area contributed by atoms with E-state index in [9.17, 15) is 4.79 Å². The van der Waals surface area contributed by atoms with E-state index in [2.05, 4.69) is 10.6 Å². The molecule has 0 radical (unpaired) electrons. The number of piperazine rings is 1. The normalized spacial score (nSPS) is 15.9. The van der Waals surface area contributed by atoms with E-state index >= 15 is 0 Å². The van der Waals surface area contributed by atoms with Gasteiger partial charge in [0, 0.05) is 39.8 Å². The van der Waals surface area contributed by atoms with Crippen LogP contribution in [0.4, 0.5) is 4.79 Å². The Balaban J connectivity index is 0.00000169. The van der Waals surface area contributed by atoms with Gasteiger partial charge in [-0.2, -0.15) is 0 Å². The first-order valence-electron chi connectivity index (χ1n) is 4.57. The van der Waals surface area contributed by atoms with Crippen LogP contribution in [0.1, 0.15) is 0 Å². The summed E-state index contributed by atoms with van der Waals surface area (Å²) in [7, 11) is 1.62. The van der Waals surface area contributed by atoms with Gasteiger partial charge in [-0.3, -0.25) is 0 Å². The fraction of sp³-hybridized carbons (Fsp3) is 0.875. The molecule has 84 valence electrons. The zero-order valence-electron chi connectivity index (χ0n) is 8.41. The van der Waals surface area contributed by atoms with Crippen LogP contribution in [0.5, 0.6) is 0 Å². The van der Waals surface area contributed by atoms with Crippen molar-refractivity contribution in [2.24, 2.45) is 0 Å². The van der Waals surface area contributed by atoms with Crippen molar-refractivity contribution in [1.82, 2.24) is 15.5 Å². The molecule has 0 atom stereocenters. The number of nitrogens with one attached hydrogen (secondary N) is 2. The van der Waals surface area contributed by atoms with Crippen LogP contribution < -0.4 is 10.6 Å². The molecule has 0 unspecified atom stereocenters. The molecule has 0 saturated carbocycles. The van der Waals surface area contributed by atoms with Crippen LogP contribution in [-0.4, -0.2) is 57.4 Å². The number of nitrogens with zero attached hydrogens (tertiary/aromatic N) is 1. The zero-order chi connectivity index (χ0) is 9.52. The molecule has 0 aromatic rings. The van der Waals surface area contributed by atoms with Crippen LogP contribution in [0.3, 0.4) is 0 Å². The third kappa shape index (κ3) is 4.64. The smallest absolute Gasteiger partial charge is 0.317 e. The number of halogens is 1. The Hall–Kier alpha value is -0.520. The molecular formula is C8H18ClN3O2. The van der Waals surface area contributed by atoms with E-state index < -0.39 is 0 Å². The fourth-order valence-electron chi connectivity index (χ4n) is 1.24. The zero-order valence-corrected chi connectivity index (χ0v) is 9.23. The standard InChI is InChI=1S/C8H17N3O2.ClH/c1-13-7-4-10-8(12)11-5-2-9-3-6-11;/h9H,2-7H2,1H3,(H,10,12);1H. The van der Waals surface area contributed by atoms with Crippen molar-refractivity contribution < 1.29 is 9.53 Å². The lowest BCUT2D eigenvalue weighted by molar-refractivity contribution is 0.175. The minimum atomic E-state index is 0. The summed E-state index contributed by atoms with van der Waals surface area (Å²) < 4.78 is 4.83. The molecule has 5 nitrogen and oxygen atoms in total. The summed E-state index contributed by atoms with van der Waals surface area (Å²) in [5.41, 5.74) is 0. The summed E-state index contributed by atoms with van der Waals surface area (Å²) in [5.74, 6) is 0. The van der Waals surface area contributed by atoms with Gasteiger partial charge in [0.15, 0.2) is 0 Å². The second kappa shape index (κ2) is 7.84. The Morgan fingerprint density at radius 3 is 2.71 bits per heavy atom. The number of ether oxygens (including phenoxy) is 1. The molecule has 1 saturated heterocycles. The minimum Gasteiger partial charge on any atom is -0.383 e. The summed E-state index contributed by atoms with van der Waals surface area (Å²) in [6.07, 6.45) is 0. The Morgan fingerprint density at radius 1 is 1.50 bits per heavy atom. The average molecular weight is 224 g/mol. The van der Waals surface area contributed by atoms with Crippen LogP contribution in [0.25, 0.3) is 0 Å². The predicted molar refractivity (Wildman–Crippen MR) is 57.0 cm³/mol. The van der Waals surface area contributed by atoms with Gasteiger partial charge < -0.3 is 20.3 Å². The lowest BCUT2D eigenvalue weighted by atomic mass is 10.4. The second-order valence-electron chi connectivity index (χ2n) is 2.96. The third-order valence-electron chi connectivity index (χ3n) is 1.99. The highest BCUT2D eigenvalue weighted by molar-refractivity contribution is 5.85.